The van der Waals surface area contributed by atoms with Gasteiger partial charge in [-0.2, -0.15) is 0 Å². The second-order valence-corrected chi connectivity index (χ2v) is 8.63. The second-order valence-electron chi connectivity index (χ2n) is 8.63. The summed E-state index contributed by atoms with van der Waals surface area (Å²) in [5.74, 6) is 2.95. The van der Waals surface area contributed by atoms with E-state index in [1.165, 1.54) is 0 Å². The van der Waals surface area contributed by atoms with Crippen LogP contribution >= 0.6 is 0 Å². The maximum Gasteiger partial charge on any atom is 0.253 e. The average molecular weight is 425 g/mol. The highest BCUT2D eigenvalue weighted by atomic mass is 16.5. The van der Waals surface area contributed by atoms with Gasteiger partial charge >= 0.3 is 0 Å². The van der Waals surface area contributed by atoms with Gasteiger partial charge in [-0.1, -0.05) is 13.8 Å². The lowest BCUT2D eigenvalue weighted by Gasteiger charge is -2.35. The van der Waals surface area contributed by atoms with E-state index in [1.807, 2.05) is 42.2 Å². The summed E-state index contributed by atoms with van der Waals surface area (Å²) >= 11 is 0. The Morgan fingerprint density at radius 2 is 1.90 bits per heavy atom. The molecule has 1 unspecified atom stereocenters. The van der Waals surface area contributed by atoms with Gasteiger partial charge in [-0.3, -0.25) is 4.79 Å². The summed E-state index contributed by atoms with van der Waals surface area (Å²) in [6.45, 7) is 10.5. The highest BCUT2D eigenvalue weighted by Crippen LogP contribution is 2.21. The van der Waals surface area contributed by atoms with E-state index in [1.54, 1.807) is 0 Å². The first-order valence-electron chi connectivity index (χ1n) is 11.2. The van der Waals surface area contributed by atoms with E-state index < -0.39 is 0 Å². The third-order valence-corrected chi connectivity index (χ3v) is 5.83. The topological polar surface area (TPSA) is 67.8 Å². The molecule has 1 aromatic heterocycles. The van der Waals surface area contributed by atoms with Gasteiger partial charge in [-0.15, -0.1) is 0 Å². The smallest absolute Gasteiger partial charge is 0.253 e. The molecule has 166 valence electrons. The van der Waals surface area contributed by atoms with Gasteiger partial charge in [0.15, 0.2) is 0 Å². The Labute approximate surface area is 184 Å². The Bertz CT molecular complexity index is 886. The van der Waals surface area contributed by atoms with Gasteiger partial charge in [0, 0.05) is 56.0 Å². The van der Waals surface area contributed by atoms with Crippen molar-refractivity contribution < 1.29 is 14.3 Å². The Kier molecular flexibility index (Phi) is 6.70. The molecule has 2 aliphatic rings. The van der Waals surface area contributed by atoms with Crippen LogP contribution in [0.4, 0.5) is 5.82 Å². The molecular weight excluding hydrogens is 392 g/mol. The predicted molar refractivity (Wildman–Crippen MR) is 120 cm³/mol. The normalized spacial score (nSPS) is 19.2. The highest BCUT2D eigenvalue weighted by molar-refractivity contribution is 5.94. The van der Waals surface area contributed by atoms with Crippen molar-refractivity contribution in [2.75, 3.05) is 44.3 Å². The van der Waals surface area contributed by atoms with Crippen molar-refractivity contribution in [2.45, 2.75) is 45.6 Å². The molecule has 0 bridgehead atoms. The molecule has 0 radical (unpaired) electrons. The molecule has 31 heavy (non-hydrogen) atoms. The summed E-state index contributed by atoms with van der Waals surface area (Å²) < 4.78 is 11.4. The minimum atomic E-state index is 0.0621. The molecule has 4 rings (SSSR count). The standard InChI is InChI=1S/C24H32N4O3/c1-17(2)23-25-18(3)15-22(26-23)27-10-12-28(13-11-27)24(29)19-6-8-20(9-7-19)31-16-21-5-4-14-30-21/h6-9,15,17,21H,4-5,10-14,16H2,1-3H3. The van der Waals surface area contributed by atoms with Crippen LogP contribution in [0.2, 0.25) is 0 Å². The van der Waals surface area contributed by atoms with Crippen molar-refractivity contribution in [2.24, 2.45) is 0 Å². The number of hydrogen-bond acceptors (Lipinski definition) is 6. The molecule has 7 heteroatoms. The number of hydrogen-bond donors (Lipinski definition) is 0. The fourth-order valence-corrected chi connectivity index (χ4v) is 3.97. The molecule has 0 N–H and O–H groups in total. The van der Waals surface area contributed by atoms with Crippen LogP contribution in [0.3, 0.4) is 0 Å². The number of aryl methyl sites for hydroxylation is 1. The number of piperazine rings is 1. The number of aromatic nitrogens is 2. The van der Waals surface area contributed by atoms with Crippen LogP contribution in [-0.4, -0.2) is 66.3 Å². The summed E-state index contributed by atoms with van der Waals surface area (Å²) in [7, 11) is 0. The van der Waals surface area contributed by atoms with E-state index in [0.29, 0.717) is 31.2 Å². The van der Waals surface area contributed by atoms with Gasteiger partial charge in [-0.05, 0) is 44.0 Å². The van der Waals surface area contributed by atoms with Crippen LogP contribution in [0, 0.1) is 6.92 Å². The zero-order valence-corrected chi connectivity index (χ0v) is 18.7. The van der Waals surface area contributed by atoms with Gasteiger partial charge in [0.05, 0.1) is 6.10 Å². The molecule has 1 atom stereocenters. The summed E-state index contributed by atoms with van der Waals surface area (Å²) in [4.78, 5) is 26.4. The number of nitrogens with zero attached hydrogens (tertiary/aromatic N) is 4. The SMILES string of the molecule is Cc1cc(N2CCN(C(=O)c3ccc(OCC4CCCO4)cc3)CC2)nc(C(C)C)n1. The predicted octanol–water partition coefficient (Wildman–Crippen LogP) is 3.43. The molecule has 0 spiro atoms. The number of rotatable bonds is 6. The average Bonchev–Trinajstić information content (AvgIpc) is 3.31. The lowest BCUT2D eigenvalue weighted by Crippen LogP contribution is -2.49. The highest BCUT2D eigenvalue weighted by Gasteiger charge is 2.24. The molecule has 0 saturated carbocycles. The van der Waals surface area contributed by atoms with Crippen LogP contribution < -0.4 is 9.64 Å². The molecule has 2 saturated heterocycles. The first-order valence-corrected chi connectivity index (χ1v) is 11.2. The lowest BCUT2D eigenvalue weighted by molar-refractivity contribution is 0.0678. The quantitative estimate of drug-likeness (QED) is 0.708. The van der Waals surface area contributed by atoms with Crippen LogP contribution in [0.15, 0.2) is 30.3 Å². The molecule has 2 fully saturated rings. The van der Waals surface area contributed by atoms with E-state index >= 15 is 0 Å². The Balaban J connectivity index is 1.32. The van der Waals surface area contributed by atoms with E-state index in [4.69, 9.17) is 14.5 Å². The molecule has 2 aromatic rings. The number of amides is 1. The summed E-state index contributed by atoms with van der Waals surface area (Å²) in [5.41, 5.74) is 1.67. The zero-order chi connectivity index (χ0) is 21.8. The molecule has 0 aliphatic carbocycles. The van der Waals surface area contributed by atoms with Crippen molar-refractivity contribution >= 4 is 11.7 Å². The van der Waals surface area contributed by atoms with Gasteiger partial charge in [0.2, 0.25) is 0 Å². The molecule has 2 aliphatic heterocycles. The number of benzene rings is 1. The van der Waals surface area contributed by atoms with Gasteiger partial charge in [-0.25, -0.2) is 9.97 Å². The fraction of sp³-hybridized carbons (Fsp3) is 0.542. The summed E-state index contributed by atoms with van der Waals surface area (Å²) in [6.07, 6.45) is 2.34. The minimum Gasteiger partial charge on any atom is -0.491 e. The van der Waals surface area contributed by atoms with Crippen LogP contribution in [0.5, 0.6) is 5.75 Å². The van der Waals surface area contributed by atoms with Gasteiger partial charge < -0.3 is 19.3 Å². The van der Waals surface area contributed by atoms with Crippen molar-refractivity contribution in [1.29, 1.82) is 0 Å². The van der Waals surface area contributed by atoms with Gasteiger partial charge in [0.25, 0.3) is 5.91 Å². The first kappa shape index (κ1) is 21.6. The largest absolute Gasteiger partial charge is 0.491 e. The monoisotopic (exact) mass is 424 g/mol. The second kappa shape index (κ2) is 9.64. The van der Waals surface area contributed by atoms with Crippen LogP contribution in [-0.2, 0) is 4.74 Å². The van der Waals surface area contributed by atoms with Crippen molar-refractivity contribution in [3.05, 3.63) is 47.4 Å². The van der Waals surface area contributed by atoms with E-state index in [0.717, 1.165) is 55.6 Å². The molecular formula is C24H32N4O3. The zero-order valence-electron chi connectivity index (χ0n) is 18.7. The van der Waals surface area contributed by atoms with E-state index in [-0.39, 0.29) is 12.0 Å². The maximum atomic E-state index is 12.9. The lowest BCUT2D eigenvalue weighted by atomic mass is 10.1. The maximum absolute atomic E-state index is 12.9. The fourth-order valence-electron chi connectivity index (χ4n) is 3.97. The van der Waals surface area contributed by atoms with E-state index in [2.05, 4.69) is 23.7 Å². The molecule has 1 aromatic carbocycles. The summed E-state index contributed by atoms with van der Waals surface area (Å²) in [5, 5.41) is 0. The van der Waals surface area contributed by atoms with Crippen molar-refractivity contribution in [3.8, 4) is 5.75 Å². The Morgan fingerprint density at radius 1 is 1.16 bits per heavy atom. The van der Waals surface area contributed by atoms with E-state index in [9.17, 15) is 4.79 Å². The number of anilines is 1. The third kappa shape index (κ3) is 5.34. The molecule has 7 nitrogen and oxygen atoms in total. The Morgan fingerprint density at radius 3 is 2.55 bits per heavy atom. The number of carbonyl (C=O) groups excluding carboxylic acids is 1. The number of ether oxygens (including phenoxy) is 2. The molecule has 1 amide bonds. The number of carbonyl (C=O) groups is 1. The van der Waals surface area contributed by atoms with Gasteiger partial charge in [0.1, 0.15) is 24.0 Å². The van der Waals surface area contributed by atoms with Crippen molar-refractivity contribution in [3.63, 3.8) is 0 Å². The third-order valence-electron chi connectivity index (χ3n) is 5.83. The summed E-state index contributed by atoms with van der Waals surface area (Å²) in [6, 6.07) is 9.47. The van der Waals surface area contributed by atoms with Crippen molar-refractivity contribution in [1.82, 2.24) is 14.9 Å². The first-order chi connectivity index (χ1) is 15.0. The molecule has 3 heterocycles. The van der Waals surface area contributed by atoms with Crippen LogP contribution in [0.25, 0.3) is 0 Å². The minimum absolute atomic E-state index is 0.0621. The Hall–Kier alpha value is -2.67. The van der Waals surface area contributed by atoms with Crippen LogP contribution in [0.1, 0.15) is 54.5 Å².